The highest BCUT2D eigenvalue weighted by atomic mass is 79.9. The van der Waals surface area contributed by atoms with Crippen LogP contribution >= 0.6 is 27.5 Å². The first-order valence-corrected chi connectivity index (χ1v) is 4.39. The maximum Gasteiger partial charge on any atom is 0.0449 e. The van der Waals surface area contributed by atoms with Gasteiger partial charge in [0.25, 0.3) is 0 Å². The first kappa shape index (κ1) is 8.09. The van der Waals surface area contributed by atoms with E-state index in [1.54, 1.807) is 0 Å². The van der Waals surface area contributed by atoms with Crippen LogP contribution in [0.25, 0.3) is 0 Å². The summed E-state index contributed by atoms with van der Waals surface area (Å²) in [6.45, 7) is 2.06. The zero-order valence-corrected chi connectivity index (χ0v) is 7.98. The minimum Gasteiger partial charge on any atom is -0.0841 e. The summed E-state index contributed by atoms with van der Waals surface area (Å²) in [4.78, 5) is 0.334. The molecule has 1 aromatic carbocycles. The molecule has 0 aliphatic carbocycles. The smallest absolute Gasteiger partial charge is 0.0449 e. The molecular weight excluding hydrogens is 211 g/mol. The first-order valence-electron chi connectivity index (χ1n) is 3.10. The number of halogens is 2. The summed E-state index contributed by atoms with van der Waals surface area (Å²) in [6.07, 6.45) is 0. The number of benzene rings is 1. The van der Waals surface area contributed by atoms with Crippen LogP contribution in [0.3, 0.4) is 0 Å². The Morgan fingerprint density at radius 2 is 2.00 bits per heavy atom. The van der Waals surface area contributed by atoms with Crippen LogP contribution in [0.5, 0.6) is 0 Å². The van der Waals surface area contributed by atoms with Crippen molar-refractivity contribution in [3.8, 4) is 0 Å². The summed E-state index contributed by atoms with van der Waals surface area (Å²) in [7, 11) is 0. The third-order valence-corrected chi connectivity index (χ3v) is 2.17. The lowest BCUT2D eigenvalue weighted by molar-refractivity contribution is 1.12. The molecule has 0 bridgehead atoms. The van der Waals surface area contributed by atoms with Gasteiger partial charge in [0.2, 0.25) is 0 Å². The molecule has 0 radical (unpaired) electrons. The highest BCUT2D eigenvalue weighted by Gasteiger charge is 2.02. The molecule has 1 aromatic rings. The van der Waals surface area contributed by atoms with Gasteiger partial charge in [-0.1, -0.05) is 45.7 Å². The topological polar surface area (TPSA) is 0 Å². The molecule has 0 saturated heterocycles. The van der Waals surface area contributed by atoms with E-state index in [9.17, 15) is 0 Å². The fourth-order valence-corrected chi connectivity index (χ4v) is 1.63. The van der Waals surface area contributed by atoms with E-state index >= 15 is 0 Å². The fourth-order valence-electron chi connectivity index (χ4n) is 0.798. The van der Waals surface area contributed by atoms with Crippen molar-refractivity contribution in [2.75, 3.05) is 0 Å². The van der Waals surface area contributed by atoms with E-state index in [-0.39, 0.29) is 0 Å². The van der Waals surface area contributed by atoms with Gasteiger partial charge in [0.05, 0.1) is 0 Å². The highest BCUT2D eigenvalue weighted by Crippen LogP contribution is 2.27. The number of hydrogen-bond donors (Lipinski definition) is 0. The van der Waals surface area contributed by atoms with Gasteiger partial charge in [-0.3, -0.25) is 0 Å². The Balaban J connectivity index is 3.03. The molecule has 0 fully saturated rings. The lowest BCUT2D eigenvalue weighted by Crippen LogP contribution is -1.82. The van der Waals surface area contributed by atoms with Crippen molar-refractivity contribution < 1.29 is 0 Å². The Bertz CT molecular complexity index is 220. The van der Waals surface area contributed by atoms with E-state index in [0.29, 0.717) is 4.83 Å². The summed E-state index contributed by atoms with van der Waals surface area (Å²) in [6, 6.07) is 7.83. The molecule has 54 valence electrons. The van der Waals surface area contributed by atoms with Gasteiger partial charge in [-0.15, -0.1) is 0 Å². The van der Waals surface area contributed by atoms with Gasteiger partial charge in [-0.25, -0.2) is 0 Å². The second kappa shape index (κ2) is 3.40. The molecule has 0 N–H and O–H groups in total. The van der Waals surface area contributed by atoms with E-state index in [1.807, 2.05) is 24.3 Å². The minimum absolute atomic E-state index is 0.334. The molecule has 0 unspecified atom stereocenters. The zero-order chi connectivity index (χ0) is 7.56. The molecule has 2 heteroatoms. The zero-order valence-electron chi connectivity index (χ0n) is 5.64. The van der Waals surface area contributed by atoms with Gasteiger partial charge in [-0.2, -0.15) is 0 Å². The van der Waals surface area contributed by atoms with Crippen molar-refractivity contribution in [3.05, 3.63) is 34.9 Å². The quantitative estimate of drug-likeness (QED) is 0.630. The lowest BCUT2D eigenvalue weighted by Gasteiger charge is -2.04. The molecule has 0 amide bonds. The van der Waals surface area contributed by atoms with Crippen LogP contribution in [-0.2, 0) is 0 Å². The van der Waals surface area contributed by atoms with Crippen molar-refractivity contribution in [1.29, 1.82) is 0 Å². The predicted molar refractivity (Wildman–Crippen MR) is 48.8 cm³/mol. The number of alkyl halides is 1. The molecule has 0 heterocycles. The predicted octanol–water partition coefficient (Wildman–Crippen LogP) is 3.80. The maximum absolute atomic E-state index is 5.89. The van der Waals surface area contributed by atoms with Gasteiger partial charge in [0, 0.05) is 9.85 Å². The van der Waals surface area contributed by atoms with E-state index in [2.05, 4.69) is 22.9 Å². The van der Waals surface area contributed by atoms with Gasteiger partial charge in [0.1, 0.15) is 0 Å². The second-order valence-corrected chi connectivity index (χ2v) is 3.92. The monoisotopic (exact) mass is 218 g/mol. The molecule has 1 atom stereocenters. The van der Waals surface area contributed by atoms with Gasteiger partial charge in [-0.05, 0) is 18.6 Å². The van der Waals surface area contributed by atoms with E-state index in [1.165, 1.54) is 0 Å². The summed E-state index contributed by atoms with van der Waals surface area (Å²) in [5, 5.41) is 0.826. The van der Waals surface area contributed by atoms with Crippen LogP contribution in [0.15, 0.2) is 24.3 Å². The van der Waals surface area contributed by atoms with E-state index in [4.69, 9.17) is 11.6 Å². The molecule has 0 aromatic heterocycles. The minimum atomic E-state index is 0.334. The highest BCUT2D eigenvalue weighted by molar-refractivity contribution is 9.09. The Kier molecular flexibility index (Phi) is 2.75. The van der Waals surface area contributed by atoms with Crippen molar-refractivity contribution in [1.82, 2.24) is 0 Å². The first-order chi connectivity index (χ1) is 4.72. The van der Waals surface area contributed by atoms with E-state index in [0.717, 1.165) is 10.6 Å². The Morgan fingerprint density at radius 1 is 1.40 bits per heavy atom. The Morgan fingerprint density at radius 3 is 2.40 bits per heavy atom. The van der Waals surface area contributed by atoms with Crippen LogP contribution < -0.4 is 0 Å². The normalized spacial score (nSPS) is 13.1. The van der Waals surface area contributed by atoms with Gasteiger partial charge < -0.3 is 0 Å². The third-order valence-electron chi connectivity index (χ3n) is 1.33. The van der Waals surface area contributed by atoms with Crippen LogP contribution in [0.1, 0.15) is 17.3 Å². The number of rotatable bonds is 1. The Hall–Kier alpha value is -0.0100. The summed E-state index contributed by atoms with van der Waals surface area (Å²) < 4.78 is 0. The molecule has 0 spiro atoms. The molecule has 0 nitrogen and oxygen atoms in total. The summed E-state index contributed by atoms with van der Waals surface area (Å²) >= 11 is 9.34. The van der Waals surface area contributed by atoms with Crippen LogP contribution in [0, 0.1) is 0 Å². The van der Waals surface area contributed by atoms with Gasteiger partial charge in [0.15, 0.2) is 0 Å². The van der Waals surface area contributed by atoms with Crippen LogP contribution in [0.2, 0.25) is 5.02 Å². The molecular formula is C8H8BrCl. The largest absolute Gasteiger partial charge is 0.0841 e. The van der Waals surface area contributed by atoms with Gasteiger partial charge >= 0.3 is 0 Å². The summed E-state index contributed by atoms with van der Waals surface area (Å²) in [5.74, 6) is 0. The lowest BCUT2D eigenvalue weighted by atomic mass is 10.2. The van der Waals surface area contributed by atoms with Crippen LogP contribution in [0.4, 0.5) is 0 Å². The average molecular weight is 220 g/mol. The maximum atomic E-state index is 5.89. The van der Waals surface area contributed by atoms with Crippen molar-refractivity contribution >= 4 is 27.5 Å². The molecule has 0 saturated carbocycles. The molecule has 0 aliphatic rings. The third kappa shape index (κ3) is 1.74. The van der Waals surface area contributed by atoms with Crippen molar-refractivity contribution in [3.63, 3.8) is 0 Å². The fraction of sp³-hybridized carbons (Fsp3) is 0.250. The Labute approximate surface area is 74.3 Å². The van der Waals surface area contributed by atoms with Crippen molar-refractivity contribution in [2.45, 2.75) is 11.8 Å². The second-order valence-electron chi connectivity index (χ2n) is 2.14. The SMILES string of the molecule is C[C@@H](Br)c1ccccc1Cl. The standard InChI is InChI=1S/C8H8BrCl/c1-6(9)7-4-2-3-5-8(7)10/h2-6H,1H3/t6-/m1/s1. The summed E-state index contributed by atoms with van der Waals surface area (Å²) in [5.41, 5.74) is 1.14. The molecule has 0 aliphatic heterocycles. The molecule has 10 heavy (non-hydrogen) atoms. The molecule has 1 rings (SSSR count). The van der Waals surface area contributed by atoms with E-state index < -0.39 is 0 Å². The average Bonchev–Trinajstić information content (AvgIpc) is 1.88. The van der Waals surface area contributed by atoms with Crippen LogP contribution in [-0.4, -0.2) is 0 Å². The number of hydrogen-bond acceptors (Lipinski definition) is 0. The van der Waals surface area contributed by atoms with Crippen molar-refractivity contribution in [2.24, 2.45) is 0 Å².